The third kappa shape index (κ3) is 4.84. The molecule has 1 fully saturated rings. The lowest BCUT2D eigenvalue weighted by molar-refractivity contribution is -0.163. The molecule has 0 spiro atoms. The van der Waals surface area contributed by atoms with E-state index in [1.54, 1.807) is 6.07 Å². The van der Waals surface area contributed by atoms with Gasteiger partial charge in [-0.2, -0.15) is 0 Å². The second-order valence-electron chi connectivity index (χ2n) is 7.18. The summed E-state index contributed by atoms with van der Waals surface area (Å²) in [6.07, 6.45) is 3.79. The van der Waals surface area contributed by atoms with Crippen molar-refractivity contribution < 1.29 is 18.9 Å². The highest BCUT2D eigenvalue weighted by molar-refractivity contribution is 7.71. The molecule has 2 aromatic carbocycles. The van der Waals surface area contributed by atoms with Gasteiger partial charge in [0.25, 0.3) is 7.30 Å². The van der Waals surface area contributed by atoms with Crippen LogP contribution in [0.25, 0.3) is 10.8 Å². The molecule has 2 unspecified atom stereocenters. The van der Waals surface area contributed by atoms with Gasteiger partial charge in [-0.15, -0.1) is 0 Å². The molecule has 1 aliphatic rings. The number of fused-ring (bicyclic) bond motifs is 1. The quantitative estimate of drug-likeness (QED) is 0.339. The molecule has 1 saturated carbocycles. The number of carbonyl (C=O) groups is 1. The van der Waals surface area contributed by atoms with Gasteiger partial charge in [-0.05, 0) is 54.3 Å². The summed E-state index contributed by atoms with van der Waals surface area (Å²) in [5, 5.41) is 1.84. The van der Waals surface area contributed by atoms with Crippen LogP contribution in [0.15, 0.2) is 42.5 Å². The van der Waals surface area contributed by atoms with Crippen molar-refractivity contribution in [2.24, 2.45) is 5.92 Å². The van der Waals surface area contributed by atoms with Crippen LogP contribution in [0, 0.1) is 5.92 Å². The second-order valence-corrected chi connectivity index (χ2v) is 9.10. The summed E-state index contributed by atoms with van der Waals surface area (Å²) in [6.45, 7) is 3.73. The average Bonchev–Trinajstić information content (AvgIpc) is 3.14. The third-order valence-electron chi connectivity index (χ3n) is 4.83. The topological polar surface area (TPSA) is 55.8 Å². The van der Waals surface area contributed by atoms with Gasteiger partial charge in [0.2, 0.25) is 0 Å². The van der Waals surface area contributed by atoms with Gasteiger partial charge in [0.05, 0.1) is 0 Å². The van der Waals surface area contributed by atoms with E-state index < -0.39 is 19.3 Å². The summed E-state index contributed by atoms with van der Waals surface area (Å²) in [4.78, 5) is 19.9. The molecule has 2 atom stereocenters. The third-order valence-corrected chi connectivity index (χ3v) is 6.05. The van der Waals surface area contributed by atoms with Gasteiger partial charge in [0.1, 0.15) is 6.10 Å². The zero-order chi connectivity index (χ0) is 19.4. The largest absolute Gasteiger partial charge is 0.461 e. The fraction of sp³-hybridized carbons (Fsp3) is 0.450. The van der Waals surface area contributed by atoms with E-state index in [9.17, 15) is 9.36 Å². The summed E-state index contributed by atoms with van der Waals surface area (Å²) in [6, 6.07) is 12.5. The van der Waals surface area contributed by atoms with Gasteiger partial charge >= 0.3 is 5.97 Å². The van der Waals surface area contributed by atoms with E-state index in [0.29, 0.717) is 5.75 Å². The normalized spacial score (nSPS) is 17.4. The molecule has 5 nitrogen and oxygen atoms in total. The SMILES string of the molecule is CC(C)C(C(=O)OC1CCCC1)N(Oc1cccc2ccccc12)[PH](=O)Cl. The van der Waals surface area contributed by atoms with Gasteiger partial charge in [-0.3, -0.25) is 9.36 Å². The maximum atomic E-state index is 12.8. The number of esters is 1. The van der Waals surface area contributed by atoms with Crippen molar-refractivity contribution in [2.75, 3.05) is 0 Å². The molecular formula is C20H25ClNO4P. The van der Waals surface area contributed by atoms with E-state index in [1.165, 1.54) is 0 Å². The number of rotatable bonds is 7. The van der Waals surface area contributed by atoms with Crippen molar-refractivity contribution in [3.05, 3.63) is 42.5 Å². The maximum Gasteiger partial charge on any atom is 0.327 e. The molecule has 0 aliphatic heterocycles. The van der Waals surface area contributed by atoms with E-state index >= 15 is 0 Å². The zero-order valence-electron chi connectivity index (χ0n) is 15.6. The molecule has 0 saturated heterocycles. The highest BCUT2D eigenvalue weighted by atomic mass is 35.7. The minimum absolute atomic E-state index is 0.0733. The lowest BCUT2D eigenvalue weighted by Gasteiger charge is -2.30. The number of hydrogen-bond acceptors (Lipinski definition) is 4. The van der Waals surface area contributed by atoms with E-state index in [1.807, 2.05) is 50.2 Å². The average molecular weight is 410 g/mol. The van der Waals surface area contributed by atoms with Crippen LogP contribution in [0.4, 0.5) is 0 Å². The lowest BCUT2D eigenvalue weighted by Crippen LogP contribution is -2.44. The number of carbonyl (C=O) groups excluding carboxylic acids is 1. The highest BCUT2D eigenvalue weighted by Gasteiger charge is 2.37. The fourth-order valence-corrected chi connectivity index (χ4v) is 4.67. The standard InChI is InChI=1S/C20H25ClNO4P/c1-14(2)19(20(23)25-16-10-4-5-11-16)22(27(21)24)26-18-13-7-9-15-8-3-6-12-17(15)18/h3,6-9,12-14,16,19,27H,4-5,10-11H2,1-2H3. The van der Waals surface area contributed by atoms with Gasteiger partial charge < -0.3 is 9.57 Å². The molecule has 146 valence electrons. The van der Waals surface area contributed by atoms with E-state index in [2.05, 4.69) is 0 Å². The summed E-state index contributed by atoms with van der Waals surface area (Å²) in [5.74, 6) is -0.107. The summed E-state index contributed by atoms with van der Waals surface area (Å²) < 4.78 is 18.0. The first-order valence-electron chi connectivity index (χ1n) is 9.32. The van der Waals surface area contributed by atoms with Crippen molar-refractivity contribution in [3.63, 3.8) is 0 Å². The minimum Gasteiger partial charge on any atom is -0.461 e. The molecule has 0 radical (unpaired) electrons. The van der Waals surface area contributed by atoms with Crippen molar-refractivity contribution in [1.82, 2.24) is 4.83 Å². The number of hydrogen-bond donors (Lipinski definition) is 0. The van der Waals surface area contributed by atoms with Crippen LogP contribution in [-0.2, 0) is 14.1 Å². The molecule has 7 heteroatoms. The number of nitrogens with zero attached hydrogens (tertiary/aromatic N) is 1. The first-order valence-corrected chi connectivity index (χ1v) is 11.7. The van der Waals surface area contributed by atoms with Crippen LogP contribution in [0.5, 0.6) is 5.75 Å². The summed E-state index contributed by atoms with van der Waals surface area (Å²) in [7, 11) is -2.83. The van der Waals surface area contributed by atoms with Crippen molar-refractivity contribution in [3.8, 4) is 5.75 Å². The van der Waals surface area contributed by atoms with E-state index in [0.717, 1.165) is 41.3 Å². The molecular weight excluding hydrogens is 385 g/mol. The van der Waals surface area contributed by atoms with Crippen molar-refractivity contribution in [2.45, 2.75) is 51.7 Å². The first kappa shape index (κ1) is 20.2. The Balaban J connectivity index is 1.87. The monoisotopic (exact) mass is 409 g/mol. The molecule has 3 rings (SSSR count). The van der Waals surface area contributed by atoms with Crippen LogP contribution < -0.4 is 4.84 Å². The first-order chi connectivity index (χ1) is 13.0. The smallest absolute Gasteiger partial charge is 0.327 e. The van der Waals surface area contributed by atoms with Crippen molar-refractivity contribution >= 4 is 35.3 Å². The lowest BCUT2D eigenvalue weighted by atomic mass is 10.1. The highest BCUT2D eigenvalue weighted by Crippen LogP contribution is 2.39. The molecule has 0 aromatic heterocycles. The Morgan fingerprint density at radius 3 is 2.48 bits per heavy atom. The van der Waals surface area contributed by atoms with Crippen LogP contribution in [0.1, 0.15) is 39.5 Å². The number of hydroxylamine groups is 1. The number of ether oxygens (including phenoxy) is 1. The van der Waals surface area contributed by atoms with Crippen LogP contribution in [-0.4, -0.2) is 22.9 Å². The van der Waals surface area contributed by atoms with Gasteiger partial charge in [-0.1, -0.05) is 55.1 Å². The molecule has 0 bridgehead atoms. The predicted molar refractivity (Wildman–Crippen MR) is 108 cm³/mol. The number of halogens is 1. The van der Waals surface area contributed by atoms with E-state index in [-0.39, 0.29) is 12.0 Å². The second kappa shape index (κ2) is 9.09. The molecule has 27 heavy (non-hydrogen) atoms. The molecule has 0 amide bonds. The maximum absolute atomic E-state index is 12.8. The minimum atomic E-state index is -2.83. The summed E-state index contributed by atoms with van der Waals surface area (Å²) >= 11 is 5.98. The van der Waals surface area contributed by atoms with Crippen molar-refractivity contribution in [1.29, 1.82) is 0 Å². The Morgan fingerprint density at radius 2 is 1.81 bits per heavy atom. The number of benzene rings is 2. The molecule has 0 N–H and O–H groups in total. The van der Waals surface area contributed by atoms with Crippen LogP contribution in [0.3, 0.4) is 0 Å². The Labute approximate surface area is 165 Å². The molecule has 0 heterocycles. The van der Waals surface area contributed by atoms with E-state index in [4.69, 9.17) is 20.8 Å². The Kier molecular flexibility index (Phi) is 6.80. The Bertz CT molecular complexity index is 817. The van der Waals surface area contributed by atoms with Gasteiger partial charge in [0, 0.05) is 5.39 Å². The van der Waals surface area contributed by atoms with Crippen LogP contribution >= 0.6 is 18.5 Å². The zero-order valence-corrected chi connectivity index (χ0v) is 17.3. The predicted octanol–water partition coefficient (Wildman–Crippen LogP) is 5.57. The molecule has 1 aliphatic carbocycles. The van der Waals surface area contributed by atoms with Gasteiger partial charge in [-0.25, -0.2) is 0 Å². The van der Waals surface area contributed by atoms with Gasteiger partial charge in [0.15, 0.2) is 11.8 Å². The summed E-state index contributed by atoms with van der Waals surface area (Å²) in [5.41, 5.74) is 0. The van der Waals surface area contributed by atoms with Crippen LogP contribution in [0.2, 0.25) is 0 Å². The molecule has 2 aromatic rings. The Hall–Kier alpha value is -1.55. The Morgan fingerprint density at radius 1 is 1.15 bits per heavy atom. The fourth-order valence-electron chi connectivity index (χ4n) is 3.46.